The lowest BCUT2D eigenvalue weighted by molar-refractivity contribution is -0.113. The van der Waals surface area contributed by atoms with Gasteiger partial charge in [-0.1, -0.05) is 11.8 Å². The molecule has 0 bridgehead atoms. The minimum atomic E-state index is -0.133. The van der Waals surface area contributed by atoms with Crippen molar-refractivity contribution in [1.82, 2.24) is 29.5 Å². The summed E-state index contributed by atoms with van der Waals surface area (Å²) in [5.74, 6) is 1.24. The lowest BCUT2D eigenvalue weighted by Gasteiger charge is -2.06. The maximum absolute atomic E-state index is 12.0. The monoisotopic (exact) mass is 379 g/mol. The average Bonchev–Trinajstić information content (AvgIpc) is 3.31. The van der Waals surface area contributed by atoms with E-state index in [-0.39, 0.29) is 11.7 Å². The second-order valence-electron chi connectivity index (χ2n) is 4.95. The number of rotatable bonds is 7. The minimum absolute atomic E-state index is 0.133. The molecule has 1 amide bonds. The Hall–Kier alpha value is -2.40. The van der Waals surface area contributed by atoms with E-state index >= 15 is 0 Å². The van der Waals surface area contributed by atoms with Crippen LogP contribution in [0.3, 0.4) is 0 Å². The van der Waals surface area contributed by atoms with Gasteiger partial charge in [0.25, 0.3) is 0 Å². The van der Waals surface area contributed by atoms with Crippen molar-refractivity contribution in [2.24, 2.45) is 7.05 Å². The molecule has 0 spiro atoms. The first-order valence-electron chi connectivity index (χ1n) is 7.45. The van der Waals surface area contributed by atoms with Crippen molar-refractivity contribution >= 4 is 34.1 Å². The van der Waals surface area contributed by atoms with Crippen molar-refractivity contribution in [2.45, 2.75) is 18.6 Å². The normalized spacial score (nSPS) is 10.8. The third-order valence-corrected chi connectivity index (χ3v) is 4.93. The molecule has 25 heavy (non-hydrogen) atoms. The molecule has 1 N–H and O–H groups in total. The van der Waals surface area contributed by atoms with E-state index in [1.54, 1.807) is 18.0 Å². The quantitative estimate of drug-likeness (QED) is 0.626. The highest BCUT2D eigenvalue weighted by Gasteiger charge is 2.20. The summed E-state index contributed by atoms with van der Waals surface area (Å²) in [5, 5.41) is 18.5. The highest BCUT2D eigenvalue weighted by atomic mass is 32.2. The van der Waals surface area contributed by atoms with E-state index < -0.39 is 0 Å². The molecule has 132 valence electrons. The molecule has 0 atom stereocenters. The van der Waals surface area contributed by atoms with Gasteiger partial charge in [0.1, 0.15) is 5.56 Å². The molecule has 3 aromatic rings. The predicted octanol–water partition coefficient (Wildman–Crippen LogP) is 1.89. The van der Waals surface area contributed by atoms with E-state index in [2.05, 4.69) is 25.6 Å². The molecule has 11 heteroatoms. The van der Waals surface area contributed by atoms with Crippen molar-refractivity contribution < 1.29 is 9.53 Å². The fourth-order valence-electron chi connectivity index (χ4n) is 2.22. The number of aryl methyl sites for hydroxylation is 1. The van der Waals surface area contributed by atoms with Gasteiger partial charge in [-0.25, -0.2) is 4.98 Å². The van der Waals surface area contributed by atoms with E-state index in [0.717, 1.165) is 5.56 Å². The van der Waals surface area contributed by atoms with Crippen LogP contribution in [0, 0.1) is 0 Å². The SMILES string of the molecule is CCn1c(SCC(=O)Nc2nccs2)nnc1-c1cn(C)nc1OC. The van der Waals surface area contributed by atoms with Crippen molar-refractivity contribution in [1.29, 1.82) is 0 Å². The van der Waals surface area contributed by atoms with Crippen molar-refractivity contribution in [3.8, 4) is 17.3 Å². The van der Waals surface area contributed by atoms with Crippen molar-refractivity contribution in [3.63, 3.8) is 0 Å². The number of anilines is 1. The first kappa shape index (κ1) is 17.4. The van der Waals surface area contributed by atoms with E-state index in [9.17, 15) is 4.79 Å². The molecule has 3 aromatic heterocycles. The molecule has 3 heterocycles. The van der Waals surface area contributed by atoms with Gasteiger partial charge in [0.15, 0.2) is 16.1 Å². The Morgan fingerprint density at radius 1 is 1.44 bits per heavy atom. The second kappa shape index (κ2) is 7.66. The lowest BCUT2D eigenvalue weighted by atomic mass is 10.3. The van der Waals surface area contributed by atoms with Crippen LogP contribution in [0.25, 0.3) is 11.4 Å². The Morgan fingerprint density at radius 3 is 2.96 bits per heavy atom. The van der Waals surface area contributed by atoms with Gasteiger partial charge in [0.05, 0.1) is 12.9 Å². The van der Waals surface area contributed by atoms with Crippen LogP contribution in [0.4, 0.5) is 5.13 Å². The molecule has 0 aliphatic rings. The zero-order valence-electron chi connectivity index (χ0n) is 14.0. The van der Waals surface area contributed by atoms with Gasteiger partial charge in [-0.2, -0.15) is 0 Å². The van der Waals surface area contributed by atoms with E-state index in [0.29, 0.717) is 28.5 Å². The van der Waals surface area contributed by atoms with Crippen LogP contribution in [-0.4, -0.2) is 48.3 Å². The summed E-state index contributed by atoms with van der Waals surface area (Å²) >= 11 is 2.70. The lowest BCUT2D eigenvalue weighted by Crippen LogP contribution is -2.14. The van der Waals surface area contributed by atoms with Crippen LogP contribution < -0.4 is 10.1 Å². The number of methoxy groups -OCH3 is 1. The summed E-state index contributed by atoms with van der Waals surface area (Å²) in [6, 6.07) is 0. The van der Waals surface area contributed by atoms with Gasteiger partial charge >= 0.3 is 0 Å². The first-order chi connectivity index (χ1) is 12.1. The molecule has 0 fully saturated rings. The highest BCUT2D eigenvalue weighted by molar-refractivity contribution is 7.99. The van der Waals surface area contributed by atoms with Gasteiger partial charge in [-0.05, 0) is 6.92 Å². The Kier molecular flexibility index (Phi) is 5.34. The summed E-state index contributed by atoms with van der Waals surface area (Å²) in [7, 11) is 3.38. The van der Waals surface area contributed by atoms with Gasteiger partial charge < -0.3 is 14.6 Å². The van der Waals surface area contributed by atoms with Crippen LogP contribution in [-0.2, 0) is 18.4 Å². The van der Waals surface area contributed by atoms with Crippen LogP contribution in [0.1, 0.15) is 6.92 Å². The molecule has 0 saturated heterocycles. The van der Waals surface area contributed by atoms with Crippen molar-refractivity contribution in [2.75, 3.05) is 18.2 Å². The first-order valence-corrected chi connectivity index (χ1v) is 9.32. The van der Waals surface area contributed by atoms with Crippen LogP contribution in [0.5, 0.6) is 5.88 Å². The molecule has 0 aliphatic carbocycles. The number of hydrogen-bond acceptors (Lipinski definition) is 8. The summed E-state index contributed by atoms with van der Waals surface area (Å²) < 4.78 is 8.89. The summed E-state index contributed by atoms with van der Waals surface area (Å²) in [5.41, 5.74) is 0.762. The molecular formula is C14H17N7O2S2. The van der Waals surface area contributed by atoms with Gasteiger partial charge in [0.2, 0.25) is 11.8 Å². The maximum Gasteiger partial charge on any atom is 0.243 e. The van der Waals surface area contributed by atoms with Gasteiger partial charge in [-0.15, -0.1) is 26.6 Å². The molecule has 0 saturated carbocycles. The third kappa shape index (κ3) is 3.82. The Bertz CT molecular complexity index is 857. The van der Waals surface area contributed by atoms with Gasteiger partial charge in [-0.3, -0.25) is 9.48 Å². The average molecular weight is 379 g/mol. The largest absolute Gasteiger partial charge is 0.479 e. The molecule has 9 nitrogen and oxygen atoms in total. The number of aromatic nitrogens is 6. The van der Waals surface area contributed by atoms with Crippen LogP contribution in [0.2, 0.25) is 0 Å². The van der Waals surface area contributed by atoms with Crippen molar-refractivity contribution in [3.05, 3.63) is 17.8 Å². The topological polar surface area (TPSA) is 99.8 Å². The smallest absolute Gasteiger partial charge is 0.243 e. The molecular weight excluding hydrogens is 362 g/mol. The van der Waals surface area contributed by atoms with E-state index in [1.165, 1.54) is 23.1 Å². The Morgan fingerprint density at radius 2 is 2.28 bits per heavy atom. The number of thioether (sulfide) groups is 1. The third-order valence-electron chi connectivity index (χ3n) is 3.27. The van der Waals surface area contributed by atoms with Gasteiger partial charge in [0, 0.05) is 31.4 Å². The molecule has 0 unspecified atom stereocenters. The molecule has 0 aromatic carbocycles. The highest BCUT2D eigenvalue weighted by Crippen LogP contribution is 2.29. The number of nitrogens with one attached hydrogen (secondary N) is 1. The van der Waals surface area contributed by atoms with E-state index in [4.69, 9.17) is 4.74 Å². The number of carbonyl (C=O) groups excluding carboxylic acids is 1. The summed E-state index contributed by atoms with van der Waals surface area (Å²) in [6.45, 7) is 2.66. The standard InChI is InChI=1S/C14H17N7O2S2/c1-4-21-11(9-7-20(2)19-12(9)23-3)17-18-14(21)25-8-10(22)16-13-15-5-6-24-13/h5-7H,4,8H2,1-3H3,(H,15,16,22). The fraction of sp³-hybridized carbons (Fsp3) is 0.357. The zero-order chi connectivity index (χ0) is 17.8. The number of carbonyl (C=O) groups is 1. The van der Waals surface area contributed by atoms with Crippen LogP contribution >= 0.6 is 23.1 Å². The molecule has 0 aliphatic heterocycles. The molecule has 3 rings (SSSR count). The van der Waals surface area contributed by atoms with Crippen LogP contribution in [0.15, 0.2) is 22.9 Å². The summed E-state index contributed by atoms with van der Waals surface area (Å²) in [4.78, 5) is 16.0. The minimum Gasteiger partial charge on any atom is -0.479 e. The number of ether oxygens (including phenoxy) is 1. The predicted molar refractivity (Wildman–Crippen MR) is 95.9 cm³/mol. The number of amides is 1. The number of nitrogens with zero attached hydrogens (tertiary/aromatic N) is 6. The summed E-state index contributed by atoms with van der Waals surface area (Å²) in [6.07, 6.45) is 3.48. The fourth-order valence-corrected chi connectivity index (χ4v) is 3.57. The Labute approximate surface area is 152 Å². The maximum atomic E-state index is 12.0. The molecule has 0 radical (unpaired) electrons. The number of hydrogen-bond donors (Lipinski definition) is 1. The Balaban J connectivity index is 1.74. The number of thiazole rings is 1. The van der Waals surface area contributed by atoms with E-state index in [1.807, 2.05) is 30.1 Å². The second-order valence-corrected chi connectivity index (χ2v) is 6.79. The zero-order valence-corrected chi connectivity index (χ0v) is 15.6.